The lowest BCUT2D eigenvalue weighted by Gasteiger charge is -2.28. The molecule has 0 aliphatic heterocycles. The predicted octanol–water partition coefficient (Wildman–Crippen LogP) is 5.01. The van der Waals surface area contributed by atoms with Crippen LogP contribution in [0.5, 0.6) is 0 Å². The van der Waals surface area contributed by atoms with E-state index in [1.54, 1.807) is 6.07 Å². The molecule has 132 valence electrons. The Morgan fingerprint density at radius 1 is 1.21 bits per heavy atom. The molecule has 24 heavy (non-hydrogen) atoms. The third kappa shape index (κ3) is 4.23. The van der Waals surface area contributed by atoms with Crippen LogP contribution in [0.15, 0.2) is 24.3 Å². The summed E-state index contributed by atoms with van der Waals surface area (Å²) in [4.78, 5) is 3.71. The zero-order chi connectivity index (χ0) is 16.6. The van der Waals surface area contributed by atoms with Gasteiger partial charge in [-0.3, -0.25) is 0 Å². The Labute approximate surface area is 149 Å². The van der Waals surface area contributed by atoms with Crippen LogP contribution in [0.3, 0.4) is 0 Å². The number of nitrogens with one attached hydrogen (secondary N) is 1. The van der Waals surface area contributed by atoms with Gasteiger partial charge in [0.05, 0.1) is 5.52 Å². The van der Waals surface area contributed by atoms with Crippen LogP contribution in [-0.2, 0) is 6.18 Å². The first-order valence-electron chi connectivity index (χ1n) is 7.52. The van der Waals surface area contributed by atoms with E-state index in [0.29, 0.717) is 16.1 Å². The zero-order valence-corrected chi connectivity index (χ0v) is 14.3. The second-order valence-corrected chi connectivity index (χ2v) is 6.42. The normalized spacial score (nSPS) is 21.4. The van der Waals surface area contributed by atoms with Crippen LogP contribution < -0.4 is 11.1 Å². The van der Waals surface area contributed by atoms with Crippen LogP contribution in [0, 0.1) is 0 Å². The number of alkyl halides is 3. The third-order valence-corrected chi connectivity index (χ3v) is 4.37. The Morgan fingerprint density at radius 3 is 2.62 bits per heavy atom. The monoisotopic (exact) mass is 379 g/mol. The van der Waals surface area contributed by atoms with Gasteiger partial charge in [-0.2, -0.15) is 13.2 Å². The van der Waals surface area contributed by atoms with Crippen molar-refractivity contribution >= 4 is 40.6 Å². The molecule has 3 rings (SSSR count). The van der Waals surface area contributed by atoms with Crippen molar-refractivity contribution in [2.45, 2.75) is 43.9 Å². The number of aromatic nitrogens is 1. The quantitative estimate of drug-likeness (QED) is 0.770. The minimum absolute atomic E-state index is 0. The van der Waals surface area contributed by atoms with E-state index < -0.39 is 11.9 Å². The summed E-state index contributed by atoms with van der Waals surface area (Å²) in [6.07, 6.45) is -0.942. The van der Waals surface area contributed by atoms with Crippen LogP contribution in [-0.4, -0.2) is 17.1 Å². The van der Waals surface area contributed by atoms with E-state index in [1.807, 2.05) is 0 Å². The Bertz CT molecular complexity index is 722. The molecule has 1 heterocycles. The van der Waals surface area contributed by atoms with Gasteiger partial charge >= 0.3 is 6.18 Å². The standard InChI is InChI=1S/C16H17ClF3N3.ClH/c17-9-4-5-13-12(6-9)14(8-15(23-13)16(18,19)20)22-11-3-1-2-10(21)7-11;/h4-6,8,10-11H,1-3,7,21H2,(H,22,23);1H/t10?,11-;/m1./s1. The Morgan fingerprint density at radius 2 is 1.96 bits per heavy atom. The summed E-state index contributed by atoms with van der Waals surface area (Å²) in [7, 11) is 0. The van der Waals surface area contributed by atoms with Crippen molar-refractivity contribution in [2.75, 3.05) is 5.32 Å². The van der Waals surface area contributed by atoms with Gasteiger partial charge < -0.3 is 11.1 Å². The maximum atomic E-state index is 13.1. The number of anilines is 1. The summed E-state index contributed by atoms with van der Waals surface area (Å²) in [6, 6.07) is 5.88. The molecule has 0 spiro atoms. The maximum Gasteiger partial charge on any atom is 0.433 e. The topological polar surface area (TPSA) is 50.9 Å². The molecule has 2 atom stereocenters. The molecule has 0 bridgehead atoms. The van der Waals surface area contributed by atoms with Crippen molar-refractivity contribution < 1.29 is 13.2 Å². The largest absolute Gasteiger partial charge is 0.433 e. The minimum Gasteiger partial charge on any atom is -0.382 e. The first-order chi connectivity index (χ1) is 10.8. The Kier molecular flexibility index (Phi) is 5.83. The van der Waals surface area contributed by atoms with Crippen LogP contribution >= 0.6 is 24.0 Å². The zero-order valence-electron chi connectivity index (χ0n) is 12.7. The van der Waals surface area contributed by atoms with Gasteiger partial charge in [-0.1, -0.05) is 11.6 Å². The molecule has 1 aromatic heterocycles. The lowest BCUT2D eigenvalue weighted by atomic mass is 9.91. The fourth-order valence-electron chi connectivity index (χ4n) is 3.04. The number of hydrogen-bond acceptors (Lipinski definition) is 3. The summed E-state index contributed by atoms with van der Waals surface area (Å²) in [5, 5.41) is 4.26. The number of benzene rings is 1. The van der Waals surface area contributed by atoms with Crippen molar-refractivity contribution in [3.63, 3.8) is 0 Å². The number of fused-ring (bicyclic) bond motifs is 1. The number of hydrogen-bond donors (Lipinski definition) is 2. The second kappa shape index (κ2) is 7.33. The predicted molar refractivity (Wildman–Crippen MR) is 92.9 cm³/mol. The maximum absolute atomic E-state index is 13.1. The van der Waals surface area contributed by atoms with Crippen molar-refractivity contribution in [2.24, 2.45) is 5.73 Å². The first kappa shape index (κ1) is 19.1. The lowest BCUT2D eigenvalue weighted by molar-refractivity contribution is -0.140. The van der Waals surface area contributed by atoms with Crippen LogP contribution in [0.1, 0.15) is 31.4 Å². The molecule has 3 nitrogen and oxygen atoms in total. The number of rotatable bonds is 2. The molecule has 1 unspecified atom stereocenters. The number of nitrogens with two attached hydrogens (primary N) is 1. The molecule has 1 aromatic carbocycles. The number of halogens is 5. The van der Waals surface area contributed by atoms with Gasteiger partial charge in [0.25, 0.3) is 0 Å². The highest BCUT2D eigenvalue weighted by atomic mass is 35.5. The fourth-order valence-corrected chi connectivity index (χ4v) is 3.21. The summed E-state index contributed by atoms with van der Waals surface area (Å²) in [5.41, 5.74) is 5.73. The van der Waals surface area contributed by atoms with Gasteiger partial charge in [-0.15, -0.1) is 12.4 Å². The molecule has 1 saturated carbocycles. The van der Waals surface area contributed by atoms with Crippen molar-refractivity contribution in [1.29, 1.82) is 0 Å². The molecule has 3 N–H and O–H groups in total. The summed E-state index contributed by atoms with van der Waals surface area (Å²) < 4.78 is 39.2. The molecule has 1 aliphatic carbocycles. The van der Waals surface area contributed by atoms with Crippen LogP contribution in [0.2, 0.25) is 5.02 Å². The Balaban J connectivity index is 0.00000208. The fraction of sp³-hybridized carbons (Fsp3) is 0.438. The minimum atomic E-state index is -4.49. The van der Waals surface area contributed by atoms with E-state index in [2.05, 4.69) is 10.3 Å². The summed E-state index contributed by atoms with van der Waals surface area (Å²) in [5.74, 6) is 0. The molecule has 8 heteroatoms. The van der Waals surface area contributed by atoms with Crippen molar-refractivity contribution in [3.05, 3.63) is 35.0 Å². The van der Waals surface area contributed by atoms with Gasteiger partial charge in [0.1, 0.15) is 5.69 Å². The average Bonchev–Trinajstić information content (AvgIpc) is 2.46. The van der Waals surface area contributed by atoms with E-state index in [9.17, 15) is 13.2 Å². The molecular formula is C16H18Cl2F3N3. The highest BCUT2D eigenvalue weighted by molar-refractivity contribution is 6.31. The van der Waals surface area contributed by atoms with E-state index in [0.717, 1.165) is 31.7 Å². The first-order valence-corrected chi connectivity index (χ1v) is 7.90. The number of pyridine rings is 1. The molecule has 0 amide bonds. The molecule has 0 saturated heterocycles. The van der Waals surface area contributed by atoms with E-state index in [1.165, 1.54) is 12.1 Å². The highest BCUT2D eigenvalue weighted by Gasteiger charge is 2.33. The number of nitrogens with zero attached hydrogens (tertiary/aromatic N) is 1. The van der Waals surface area contributed by atoms with Gasteiger partial charge in [0, 0.05) is 28.2 Å². The summed E-state index contributed by atoms with van der Waals surface area (Å²) >= 11 is 5.99. The van der Waals surface area contributed by atoms with Crippen LogP contribution in [0.4, 0.5) is 18.9 Å². The van der Waals surface area contributed by atoms with Crippen molar-refractivity contribution in [3.8, 4) is 0 Å². The van der Waals surface area contributed by atoms with Gasteiger partial charge in [-0.05, 0) is 49.9 Å². The highest BCUT2D eigenvalue weighted by Crippen LogP contribution is 2.35. The molecule has 2 aromatic rings. The van der Waals surface area contributed by atoms with E-state index in [4.69, 9.17) is 17.3 Å². The van der Waals surface area contributed by atoms with E-state index >= 15 is 0 Å². The average molecular weight is 380 g/mol. The molecule has 1 fully saturated rings. The van der Waals surface area contributed by atoms with Gasteiger partial charge in [-0.25, -0.2) is 4.98 Å². The molecule has 1 aliphatic rings. The van der Waals surface area contributed by atoms with Crippen molar-refractivity contribution in [1.82, 2.24) is 4.98 Å². The van der Waals surface area contributed by atoms with Gasteiger partial charge in [0.15, 0.2) is 0 Å². The summed E-state index contributed by atoms with van der Waals surface area (Å²) in [6.45, 7) is 0. The molecular weight excluding hydrogens is 362 g/mol. The lowest BCUT2D eigenvalue weighted by Crippen LogP contribution is -2.35. The smallest absolute Gasteiger partial charge is 0.382 e. The van der Waals surface area contributed by atoms with Crippen LogP contribution in [0.25, 0.3) is 10.9 Å². The second-order valence-electron chi connectivity index (χ2n) is 5.98. The van der Waals surface area contributed by atoms with E-state index in [-0.39, 0.29) is 30.0 Å². The Hall–Kier alpha value is -1.24. The third-order valence-electron chi connectivity index (χ3n) is 4.14. The SMILES string of the molecule is Cl.NC1CCC[C@@H](Nc2cc(C(F)(F)F)nc3ccc(Cl)cc23)C1. The molecule has 0 radical (unpaired) electrons. The van der Waals surface area contributed by atoms with Gasteiger partial charge in [0.2, 0.25) is 0 Å².